The van der Waals surface area contributed by atoms with Gasteiger partial charge in [-0.2, -0.15) is 0 Å². The second-order valence-corrected chi connectivity index (χ2v) is 4.89. The molecule has 1 aromatic carbocycles. The summed E-state index contributed by atoms with van der Waals surface area (Å²) >= 11 is 0. The molecule has 0 spiro atoms. The van der Waals surface area contributed by atoms with Crippen molar-refractivity contribution in [2.24, 2.45) is 10.9 Å². The number of nitrogens with two attached hydrogens (primary N) is 1. The van der Waals surface area contributed by atoms with E-state index in [1.807, 2.05) is 0 Å². The Hall–Kier alpha value is -1.66. The largest absolute Gasteiger partial charge is 0.409 e. The van der Waals surface area contributed by atoms with Gasteiger partial charge in [0.2, 0.25) is 0 Å². The third-order valence-electron chi connectivity index (χ3n) is 3.43. The first kappa shape index (κ1) is 13.8. The Morgan fingerprint density at radius 1 is 1.63 bits per heavy atom. The fraction of sp³-hybridized carbons (Fsp3) is 0.462. The van der Waals surface area contributed by atoms with E-state index in [1.54, 1.807) is 12.1 Å². The highest BCUT2D eigenvalue weighted by atomic mass is 19.1. The predicted octanol–water partition coefficient (Wildman–Crippen LogP) is 0.714. The zero-order valence-electron chi connectivity index (χ0n) is 10.9. The van der Waals surface area contributed by atoms with Crippen molar-refractivity contribution < 1.29 is 9.60 Å². The highest BCUT2D eigenvalue weighted by Crippen LogP contribution is 2.14. The SMILES string of the molecule is CN1CCC(NCc2cccc(/C(N)=N/O)c2F)C1. The molecule has 1 heterocycles. The molecule has 1 aliphatic heterocycles. The number of halogens is 1. The predicted molar refractivity (Wildman–Crippen MR) is 71.7 cm³/mol. The molecule has 0 amide bonds. The second kappa shape index (κ2) is 5.99. The summed E-state index contributed by atoms with van der Waals surface area (Å²) in [6.07, 6.45) is 1.07. The summed E-state index contributed by atoms with van der Waals surface area (Å²) in [5, 5.41) is 14.8. The fourth-order valence-electron chi connectivity index (χ4n) is 2.32. The van der Waals surface area contributed by atoms with Gasteiger partial charge in [-0.15, -0.1) is 0 Å². The van der Waals surface area contributed by atoms with Crippen LogP contribution in [0.25, 0.3) is 0 Å². The zero-order chi connectivity index (χ0) is 13.8. The molecule has 1 aliphatic rings. The molecule has 1 atom stereocenters. The van der Waals surface area contributed by atoms with Crippen LogP contribution in [0.15, 0.2) is 23.4 Å². The van der Waals surface area contributed by atoms with Gasteiger partial charge in [0.25, 0.3) is 0 Å². The first-order valence-electron chi connectivity index (χ1n) is 6.29. The molecular weight excluding hydrogens is 247 g/mol. The molecule has 0 aromatic heterocycles. The van der Waals surface area contributed by atoms with Crippen LogP contribution in [0.4, 0.5) is 4.39 Å². The molecule has 0 radical (unpaired) electrons. The van der Waals surface area contributed by atoms with Crippen LogP contribution in [0, 0.1) is 5.82 Å². The molecule has 1 saturated heterocycles. The van der Waals surface area contributed by atoms with Gasteiger partial charge >= 0.3 is 0 Å². The van der Waals surface area contributed by atoms with E-state index < -0.39 is 5.82 Å². The molecule has 104 valence electrons. The smallest absolute Gasteiger partial charge is 0.173 e. The van der Waals surface area contributed by atoms with Crippen molar-refractivity contribution in [2.45, 2.75) is 19.0 Å². The van der Waals surface area contributed by atoms with Crippen LogP contribution in [0.1, 0.15) is 17.5 Å². The Bertz CT molecular complexity index is 478. The summed E-state index contributed by atoms with van der Waals surface area (Å²) in [7, 11) is 2.07. The minimum Gasteiger partial charge on any atom is -0.409 e. The molecule has 4 N–H and O–H groups in total. The van der Waals surface area contributed by atoms with Crippen LogP contribution in [0.3, 0.4) is 0 Å². The molecule has 1 unspecified atom stereocenters. The quantitative estimate of drug-likeness (QED) is 0.325. The number of benzene rings is 1. The van der Waals surface area contributed by atoms with E-state index in [4.69, 9.17) is 10.9 Å². The number of nitrogens with one attached hydrogen (secondary N) is 1. The molecule has 19 heavy (non-hydrogen) atoms. The lowest BCUT2D eigenvalue weighted by Crippen LogP contribution is -2.31. The van der Waals surface area contributed by atoms with Crippen molar-refractivity contribution in [3.63, 3.8) is 0 Å². The van der Waals surface area contributed by atoms with Gasteiger partial charge in [-0.3, -0.25) is 0 Å². The lowest BCUT2D eigenvalue weighted by atomic mass is 10.1. The van der Waals surface area contributed by atoms with E-state index in [-0.39, 0.29) is 11.4 Å². The van der Waals surface area contributed by atoms with Crippen molar-refractivity contribution in [3.8, 4) is 0 Å². The molecule has 0 aliphatic carbocycles. The molecule has 1 fully saturated rings. The Balaban J connectivity index is 2.04. The average Bonchev–Trinajstić information content (AvgIpc) is 2.82. The molecule has 2 rings (SSSR count). The van der Waals surface area contributed by atoms with E-state index in [0.717, 1.165) is 19.5 Å². The minimum atomic E-state index is -0.434. The summed E-state index contributed by atoms with van der Waals surface area (Å²) in [6.45, 7) is 2.47. The maximum atomic E-state index is 14.1. The summed E-state index contributed by atoms with van der Waals surface area (Å²) in [4.78, 5) is 2.24. The number of hydrogen-bond donors (Lipinski definition) is 3. The summed E-state index contributed by atoms with van der Waals surface area (Å²) in [5.74, 6) is -0.642. The monoisotopic (exact) mass is 266 g/mol. The van der Waals surface area contributed by atoms with Crippen molar-refractivity contribution in [2.75, 3.05) is 20.1 Å². The third kappa shape index (κ3) is 3.21. The Morgan fingerprint density at radius 3 is 3.05 bits per heavy atom. The topological polar surface area (TPSA) is 73.9 Å². The lowest BCUT2D eigenvalue weighted by Gasteiger charge is -2.14. The Labute approximate surface area is 111 Å². The van der Waals surface area contributed by atoms with E-state index >= 15 is 0 Å². The maximum Gasteiger partial charge on any atom is 0.173 e. The number of likely N-dealkylation sites (N-methyl/N-ethyl adjacent to an activating group) is 1. The average molecular weight is 266 g/mol. The number of hydrogen-bond acceptors (Lipinski definition) is 4. The highest BCUT2D eigenvalue weighted by molar-refractivity contribution is 5.97. The standard InChI is InChI=1S/C13H19FN4O/c1-18-6-5-10(8-18)16-7-9-3-2-4-11(12(9)14)13(15)17-19/h2-4,10,16,19H,5-8H2,1H3,(H2,15,17). The van der Waals surface area contributed by atoms with Crippen LogP contribution in [-0.4, -0.2) is 42.1 Å². The van der Waals surface area contributed by atoms with Gasteiger partial charge in [0, 0.05) is 24.7 Å². The van der Waals surface area contributed by atoms with Crippen LogP contribution >= 0.6 is 0 Å². The first-order chi connectivity index (χ1) is 9.11. The van der Waals surface area contributed by atoms with Gasteiger partial charge in [-0.1, -0.05) is 17.3 Å². The van der Waals surface area contributed by atoms with Gasteiger partial charge in [0.15, 0.2) is 5.84 Å². The Kier molecular flexibility index (Phi) is 4.34. The van der Waals surface area contributed by atoms with Gasteiger partial charge in [0.05, 0.1) is 5.56 Å². The van der Waals surface area contributed by atoms with Crippen molar-refractivity contribution in [1.82, 2.24) is 10.2 Å². The second-order valence-electron chi connectivity index (χ2n) is 4.89. The number of rotatable bonds is 4. The third-order valence-corrected chi connectivity index (χ3v) is 3.43. The van der Waals surface area contributed by atoms with Crippen LogP contribution in [0.2, 0.25) is 0 Å². The normalized spacial score (nSPS) is 20.9. The van der Waals surface area contributed by atoms with E-state index in [9.17, 15) is 4.39 Å². The number of likely N-dealkylation sites (tertiary alicyclic amines) is 1. The van der Waals surface area contributed by atoms with Crippen molar-refractivity contribution in [3.05, 3.63) is 35.1 Å². The summed E-state index contributed by atoms with van der Waals surface area (Å²) in [5.41, 5.74) is 6.09. The van der Waals surface area contributed by atoms with Gasteiger partial charge in [0.1, 0.15) is 5.82 Å². The number of oxime groups is 1. The minimum absolute atomic E-state index is 0.130. The van der Waals surface area contributed by atoms with E-state index in [0.29, 0.717) is 18.2 Å². The van der Waals surface area contributed by atoms with Crippen LogP contribution < -0.4 is 11.1 Å². The molecule has 1 aromatic rings. The number of nitrogens with zero attached hydrogens (tertiary/aromatic N) is 2. The summed E-state index contributed by atoms with van der Waals surface area (Å²) < 4.78 is 14.1. The van der Waals surface area contributed by atoms with Crippen molar-refractivity contribution in [1.29, 1.82) is 0 Å². The maximum absolute atomic E-state index is 14.1. The highest BCUT2D eigenvalue weighted by Gasteiger charge is 2.19. The summed E-state index contributed by atoms with van der Waals surface area (Å²) in [6, 6.07) is 5.29. The molecule has 0 bridgehead atoms. The number of amidine groups is 1. The van der Waals surface area contributed by atoms with Gasteiger partial charge in [-0.25, -0.2) is 4.39 Å². The van der Waals surface area contributed by atoms with Crippen LogP contribution in [-0.2, 0) is 6.54 Å². The van der Waals surface area contributed by atoms with E-state index in [2.05, 4.69) is 22.4 Å². The van der Waals surface area contributed by atoms with Crippen molar-refractivity contribution >= 4 is 5.84 Å². The zero-order valence-corrected chi connectivity index (χ0v) is 10.9. The van der Waals surface area contributed by atoms with Gasteiger partial charge in [-0.05, 0) is 26.1 Å². The molecular formula is C13H19FN4O. The molecule has 0 saturated carbocycles. The van der Waals surface area contributed by atoms with Gasteiger partial charge < -0.3 is 21.2 Å². The first-order valence-corrected chi connectivity index (χ1v) is 6.29. The molecule has 5 nitrogen and oxygen atoms in total. The Morgan fingerprint density at radius 2 is 2.42 bits per heavy atom. The van der Waals surface area contributed by atoms with E-state index in [1.165, 1.54) is 6.07 Å². The lowest BCUT2D eigenvalue weighted by molar-refractivity contribution is 0.318. The molecule has 6 heteroatoms. The fourth-order valence-corrected chi connectivity index (χ4v) is 2.32. The van der Waals surface area contributed by atoms with Crippen LogP contribution in [0.5, 0.6) is 0 Å².